The number of amides is 2. The van der Waals surface area contributed by atoms with Crippen LogP contribution in [0.4, 0.5) is 4.39 Å². The van der Waals surface area contributed by atoms with Crippen LogP contribution in [0.1, 0.15) is 22.3 Å². The van der Waals surface area contributed by atoms with E-state index in [2.05, 4.69) is 5.32 Å². The second kappa shape index (κ2) is 11.1. The first-order valence-electron chi connectivity index (χ1n) is 10.6. The summed E-state index contributed by atoms with van der Waals surface area (Å²) in [6.07, 6.45) is 2.39. The molecule has 1 heterocycles. The molecule has 1 N–H and O–H groups in total. The summed E-state index contributed by atoms with van der Waals surface area (Å²) < 4.78 is 40.9. The molecule has 2 aromatic rings. The molecule has 0 bridgehead atoms. The summed E-state index contributed by atoms with van der Waals surface area (Å²) in [7, 11) is -3.99. The first-order valence-corrected chi connectivity index (χ1v) is 13.5. The third-order valence-corrected chi connectivity index (χ3v) is 8.07. The summed E-state index contributed by atoms with van der Waals surface area (Å²) in [5.74, 6) is -0.675. The maximum absolute atomic E-state index is 14.0. The van der Waals surface area contributed by atoms with E-state index in [9.17, 15) is 22.4 Å². The van der Waals surface area contributed by atoms with Crippen LogP contribution in [0.25, 0.3) is 0 Å². The average molecular weight is 494 g/mol. The van der Waals surface area contributed by atoms with Gasteiger partial charge >= 0.3 is 0 Å². The lowest BCUT2D eigenvalue weighted by molar-refractivity contribution is -0.134. The second-order valence-corrected chi connectivity index (χ2v) is 10.7. The molecular weight excluding hydrogens is 465 g/mol. The van der Waals surface area contributed by atoms with E-state index in [1.165, 1.54) is 22.5 Å². The first-order chi connectivity index (χ1) is 15.7. The van der Waals surface area contributed by atoms with E-state index in [1.54, 1.807) is 34.9 Å². The van der Waals surface area contributed by atoms with E-state index in [0.29, 0.717) is 17.7 Å². The van der Waals surface area contributed by atoms with Crippen molar-refractivity contribution >= 4 is 33.6 Å². The minimum Gasteiger partial charge on any atom is -0.340 e. The van der Waals surface area contributed by atoms with Crippen molar-refractivity contribution in [3.63, 3.8) is 0 Å². The molecule has 1 fully saturated rings. The van der Waals surface area contributed by atoms with Crippen LogP contribution in [0.3, 0.4) is 0 Å². The molecule has 1 atom stereocenters. The van der Waals surface area contributed by atoms with Crippen molar-refractivity contribution < 1.29 is 22.4 Å². The number of carbonyl (C=O) groups is 2. The van der Waals surface area contributed by atoms with E-state index < -0.39 is 21.9 Å². The number of rotatable bonds is 8. The van der Waals surface area contributed by atoms with Crippen molar-refractivity contribution in [2.75, 3.05) is 38.2 Å². The Kier molecular flexibility index (Phi) is 8.50. The predicted octanol–water partition coefficient (Wildman–Crippen LogP) is 2.52. The van der Waals surface area contributed by atoms with E-state index >= 15 is 0 Å². The van der Waals surface area contributed by atoms with Crippen LogP contribution in [0.5, 0.6) is 0 Å². The molecule has 0 spiro atoms. The SMILES string of the molecule is CSCCC(NC(=O)c1cccc(C)c1)C(=O)N1CCN(S(=O)(=O)c2ccccc2F)CC1. The van der Waals surface area contributed by atoms with Crippen molar-refractivity contribution in [1.82, 2.24) is 14.5 Å². The Bertz CT molecular complexity index is 1100. The highest BCUT2D eigenvalue weighted by atomic mass is 32.2. The third kappa shape index (κ3) is 6.13. The maximum atomic E-state index is 14.0. The smallest absolute Gasteiger partial charge is 0.251 e. The van der Waals surface area contributed by atoms with Gasteiger partial charge in [0.15, 0.2) is 0 Å². The molecule has 1 aliphatic heterocycles. The Hall–Kier alpha value is -2.43. The van der Waals surface area contributed by atoms with Crippen LogP contribution < -0.4 is 5.32 Å². The molecule has 0 aromatic heterocycles. The highest BCUT2D eigenvalue weighted by molar-refractivity contribution is 7.98. The van der Waals surface area contributed by atoms with Crippen molar-refractivity contribution in [1.29, 1.82) is 0 Å². The highest BCUT2D eigenvalue weighted by Gasteiger charge is 2.34. The van der Waals surface area contributed by atoms with Crippen molar-refractivity contribution in [3.05, 3.63) is 65.5 Å². The molecular formula is C23H28FN3O4S2. The fraction of sp³-hybridized carbons (Fsp3) is 0.391. The van der Waals surface area contributed by atoms with Crippen LogP contribution in [0.2, 0.25) is 0 Å². The number of nitrogens with one attached hydrogen (secondary N) is 1. The molecule has 3 rings (SSSR count). The summed E-state index contributed by atoms with van der Waals surface area (Å²) in [4.78, 5) is 27.1. The minimum atomic E-state index is -3.99. The maximum Gasteiger partial charge on any atom is 0.251 e. The molecule has 1 saturated heterocycles. The van der Waals surface area contributed by atoms with Gasteiger partial charge in [0.1, 0.15) is 16.8 Å². The molecule has 7 nitrogen and oxygen atoms in total. The van der Waals surface area contributed by atoms with Gasteiger partial charge in [0.25, 0.3) is 5.91 Å². The molecule has 0 radical (unpaired) electrons. The van der Waals surface area contributed by atoms with Gasteiger partial charge in [0.2, 0.25) is 15.9 Å². The lowest BCUT2D eigenvalue weighted by Crippen LogP contribution is -2.56. The summed E-state index contributed by atoms with van der Waals surface area (Å²) in [5.41, 5.74) is 1.43. The fourth-order valence-corrected chi connectivity index (χ4v) is 5.64. The molecule has 2 amide bonds. The Morgan fingerprint density at radius 3 is 2.42 bits per heavy atom. The van der Waals surface area contributed by atoms with E-state index in [1.807, 2.05) is 19.2 Å². The van der Waals surface area contributed by atoms with Gasteiger partial charge in [-0.05, 0) is 49.6 Å². The summed E-state index contributed by atoms with van der Waals surface area (Å²) in [6.45, 7) is 2.35. The Morgan fingerprint density at radius 1 is 1.09 bits per heavy atom. The monoisotopic (exact) mass is 493 g/mol. The number of thioether (sulfide) groups is 1. The standard InChI is InChI=1S/C23H28FN3O4S2/c1-17-6-5-7-18(16-17)22(28)25-20(10-15-32-2)23(29)26-11-13-27(14-12-26)33(30,31)21-9-4-3-8-19(21)24/h3-9,16,20H,10-15H2,1-2H3,(H,25,28). The number of benzene rings is 2. The zero-order valence-electron chi connectivity index (χ0n) is 18.7. The Labute approximate surface area is 198 Å². The van der Waals surface area contributed by atoms with Crippen LogP contribution >= 0.6 is 11.8 Å². The van der Waals surface area contributed by atoms with Crippen LogP contribution in [0, 0.1) is 12.7 Å². The van der Waals surface area contributed by atoms with Gasteiger partial charge < -0.3 is 10.2 Å². The second-order valence-electron chi connectivity index (χ2n) is 7.84. The quantitative estimate of drug-likeness (QED) is 0.611. The Morgan fingerprint density at radius 2 is 1.79 bits per heavy atom. The molecule has 10 heteroatoms. The van der Waals surface area contributed by atoms with Crippen LogP contribution in [-0.2, 0) is 14.8 Å². The first kappa shape index (κ1) is 25.2. The molecule has 0 saturated carbocycles. The molecule has 0 aliphatic carbocycles. The summed E-state index contributed by atoms with van der Waals surface area (Å²) in [5, 5.41) is 2.84. The number of piperazine rings is 1. The number of sulfonamides is 1. The van der Waals surface area contributed by atoms with E-state index in [4.69, 9.17) is 0 Å². The van der Waals surface area contributed by atoms with Crippen LogP contribution in [0.15, 0.2) is 53.4 Å². The minimum absolute atomic E-state index is 0.0590. The number of carbonyl (C=O) groups excluding carboxylic acids is 2. The van der Waals surface area contributed by atoms with Crippen LogP contribution in [-0.4, -0.2) is 73.7 Å². The van der Waals surface area contributed by atoms with Crippen molar-refractivity contribution in [3.8, 4) is 0 Å². The zero-order chi connectivity index (χ0) is 24.0. The molecule has 178 valence electrons. The van der Waals surface area contributed by atoms with Gasteiger partial charge in [0, 0.05) is 31.7 Å². The van der Waals surface area contributed by atoms with Gasteiger partial charge in [-0.3, -0.25) is 9.59 Å². The molecule has 2 aromatic carbocycles. The third-order valence-electron chi connectivity index (χ3n) is 5.50. The van der Waals surface area contributed by atoms with Crippen molar-refractivity contribution in [2.45, 2.75) is 24.3 Å². The Balaban J connectivity index is 1.67. The number of nitrogens with zero attached hydrogens (tertiary/aromatic N) is 2. The summed E-state index contributed by atoms with van der Waals surface area (Å²) >= 11 is 1.58. The van der Waals surface area contributed by atoms with E-state index in [0.717, 1.165) is 11.6 Å². The number of aryl methyl sites for hydroxylation is 1. The lowest BCUT2D eigenvalue weighted by atomic mass is 10.1. The largest absolute Gasteiger partial charge is 0.340 e. The molecule has 1 aliphatic rings. The van der Waals surface area contributed by atoms with Gasteiger partial charge in [-0.2, -0.15) is 16.1 Å². The van der Waals surface area contributed by atoms with Gasteiger partial charge in [0.05, 0.1) is 0 Å². The van der Waals surface area contributed by atoms with Gasteiger partial charge in [-0.25, -0.2) is 12.8 Å². The normalized spacial score (nSPS) is 15.8. The number of hydrogen-bond donors (Lipinski definition) is 1. The van der Waals surface area contributed by atoms with Crippen molar-refractivity contribution in [2.24, 2.45) is 0 Å². The average Bonchev–Trinajstić information content (AvgIpc) is 2.81. The number of halogens is 1. The molecule has 1 unspecified atom stereocenters. The summed E-state index contributed by atoms with van der Waals surface area (Å²) in [6, 6.07) is 11.7. The zero-order valence-corrected chi connectivity index (χ0v) is 20.3. The molecule has 33 heavy (non-hydrogen) atoms. The predicted molar refractivity (Wildman–Crippen MR) is 127 cm³/mol. The van der Waals surface area contributed by atoms with Gasteiger partial charge in [-0.15, -0.1) is 0 Å². The lowest BCUT2D eigenvalue weighted by Gasteiger charge is -2.36. The van der Waals surface area contributed by atoms with Gasteiger partial charge in [-0.1, -0.05) is 29.8 Å². The fourth-order valence-electron chi connectivity index (χ4n) is 3.68. The number of hydrogen-bond acceptors (Lipinski definition) is 5. The highest BCUT2D eigenvalue weighted by Crippen LogP contribution is 2.21. The van der Waals surface area contributed by atoms with E-state index in [-0.39, 0.29) is 42.9 Å². The topological polar surface area (TPSA) is 86.8 Å².